The number of carbonyl (C=O) groups is 1. The monoisotopic (exact) mass is 213 g/mol. The molecule has 0 spiro atoms. The SMILES string of the molecule is CCc1ccc(C(N)CC(=O)OC)s1. The molecule has 0 amide bonds. The molecule has 1 heterocycles. The van der Waals surface area contributed by atoms with E-state index in [1.54, 1.807) is 11.3 Å². The van der Waals surface area contributed by atoms with Crippen LogP contribution in [0.5, 0.6) is 0 Å². The summed E-state index contributed by atoms with van der Waals surface area (Å²) in [7, 11) is 1.38. The van der Waals surface area contributed by atoms with Crippen LogP contribution < -0.4 is 5.73 Å². The Morgan fingerprint density at radius 3 is 2.86 bits per heavy atom. The molecule has 0 fully saturated rings. The van der Waals surface area contributed by atoms with Crippen LogP contribution in [0.15, 0.2) is 12.1 Å². The van der Waals surface area contributed by atoms with Gasteiger partial charge in [0, 0.05) is 15.8 Å². The van der Waals surface area contributed by atoms with Gasteiger partial charge in [-0.3, -0.25) is 4.79 Å². The highest BCUT2D eigenvalue weighted by atomic mass is 32.1. The molecule has 1 atom stereocenters. The van der Waals surface area contributed by atoms with Crippen molar-refractivity contribution in [3.8, 4) is 0 Å². The van der Waals surface area contributed by atoms with E-state index in [9.17, 15) is 4.79 Å². The van der Waals surface area contributed by atoms with Gasteiger partial charge in [0.1, 0.15) is 0 Å². The Morgan fingerprint density at radius 1 is 1.64 bits per heavy atom. The van der Waals surface area contributed by atoms with Gasteiger partial charge in [0.15, 0.2) is 0 Å². The van der Waals surface area contributed by atoms with E-state index < -0.39 is 0 Å². The summed E-state index contributed by atoms with van der Waals surface area (Å²) in [6.07, 6.45) is 1.26. The van der Waals surface area contributed by atoms with Crippen LogP contribution in [0.4, 0.5) is 0 Å². The van der Waals surface area contributed by atoms with Crippen molar-refractivity contribution in [1.82, 2.24) is 0 Å². The lowest BCUT2D eigenvalue weighted by molar-refractivity contribution is -0.141. The van der Waals surface area contributed by atoms with E-state index >= 15 is 0 Å². The first-order valence-corrected chi connectivity index (χ1v) is 5.40. The molecule has 2 N–H and O–H groups in total. The molecular formula is C10H15NO2S. The van der Waals surface area contributed by atoms with Crippen molar-refractivity contribution in [2.75, 3.05) is 7.11 Å². The van der Waals surface area contributed by atoms with Crippen LogP contribution >= 0.6 is 11.3 Å². The van der Waals surface area contributed by atoms with Crippen LogP contribution in [-0.4, -0.2) is 13.1 Å². The zero-order valence-corrected chi connectivity index (χ0v) is 9.26. The highest BCUT2D eigenvalue weighted by Gasteiger charge is 2.13. The average molecular weight is 213 g/mol. The number of esters is 1. The maximum absolute atomic E-state index is 11.0. The standard InChI is InChI=1S/C10H15NO2S/c1-3-7-4-5-9(14-7)8(11)6-10(12)13-2/h4-5,8H,3,6,11H2,1-2H3. The van der Waals surface area contributed by atoms with Crippen LogP contribution in [0.1, 0.15) is 29.1 Å². The van der Waals surface area contributed by atoms with Crippen LogP contribution in [0, 0.1) is 0 Å². The fraction of sp³-hybridized carbons (Fsp3) is 0.500. The molecule has 3 nitrogen and oxygen atoms in total. The Kier molecular flexibility index (Phi) is 4.10. The highest BCUT2D eigenvalue weighted by molar-refractivity contribution is 7.12. The van der Waals surface area contributed by atoms with Crippen LogP contribution in [0.2, 0.25) is 0 Å². The smallest absolute Gasteiger partial charge is 0.307 e. The van der Waals surface area contributed by atoms with E-state index in [1.807, 2.05) is 6.07 Å². The van der Waals surface area contributed by atoms with Gasteiger partial charge in [0.05, 0.1) is 13.5 Å². The molecule has 0 radical (unpaired) electrons. The number of hydrogen-bond acceptors (Lipinski definition) is 4. The first kappa shape index (κ1) is 11.2. The molecular weight excluding hydrogens is 198 g/mol. The van der Waals surface area contributed by atoms with Crippen molar-refractivity contribution in [3.05, 3.63) is 21.9 Å². The highest BCUT2D eigenvalue weighted by Crippen LogP contribution is 2.24. The van der Waals surface area contributed by atoms with E-state index in [0.29, 0.717) is 0 Å². The lowest BCUT2D eigenvalue weighted by Crippen LogP contribution is -2.15. The summed E-state index contributed by atoms with van der Waals surface area (Å²) in [5.41, 5.74) is 5.85. The van der Waals surface area contributed by atoms with E-state index in [1.165, 1.54) is 12.0 Å². The molecule has 1 unspecified atom stereocenters. The number of hydrogen-bond donors (Lipinski definition) is 1. The molecule has 0 aromatic carbocycles. The molecule has 0 saturated heterocycles. The summed E-state index contributed by atoms with van der Waals surface area (Å²) in [5, 5.41) is 0. The minimum atomic E-state index is -0.260. The Labute approximate surface area is 87.9 Å². The van der Waals surface area contributed by atoms with Crippen molar-refractivity contribution in [2.24, 2.45) is 5.73 Å². The van der Waals surface area contributed by atoms with E-state index in [0.717, 1.165) is 11.3 Å². The number of aryl methyl sites for hydroxylation is 1. The quantitative estimate of drug-likeness (QED) is 0.777. The van der Waals surface area contributed by atoms with Gasteiger partial charge in [0.2, 0.25) is 0 Å². The van der Waals surface area contributed by atoms with Crippen molar-refractivity contribution >= 4 is 17.3 Å². The summed E-state index contributed by atoms with van der Waals surface area (Å²) in [6.45, 7) is 2.10. The van der Waals surface area contributed by atoms with Gasteiger partial charge in [-0.15, -0.1) is 11.3 Å². The lowest BCUT2D eigenvalue weighted by atomic mass is 10.2. The molecule has 1 rings (SSSR count). The Bertz CT molecular complexity index is 309. The van der Waals surface area contributed by atoms with Gasteiger partial charge < -0.3 is 10.5 Å². The van der Waals surface area contributed by atoms with E-state index in [4.69, 9.17) is 5.73 Å². The van der Waals surface area contributed by atoms with Crippen molar-refractivity contribution < 1.29 is 9.53 Å². The second kappa shape index (κ2) is 5.12. The average Bonchev–Trinajstić information content (AvgIpc) is 2.65. The van der Waals surface area contributed by atoms with Gasteiger partial charge in [-0.25, -0.2) is 0 Å². The molecule has 4 heteroatoms. The Morgan fingerprint density at radius 2 is 2.36 bits per heavy atom. The fourth-order valence-electron chi connectivity index (χ4n) is 1.15. The fourth-order valence-corrected chi connectivity index (χ4v) is 2.10. The summed E-state index contributed by atoms with van der Waals surface area (Å²) in [5.74, 6) is -0.260. The number of carbonyl (C=O) groups excluding carboxylic acids is 1. The molecule has 0 bridgehead atoms. The lowest BCUT2D eigenvalue weighted by Gasteiger charge is -2.06. The first-order valence-electron chi connectivity index (χ1n) is 4.58. The summed E-state index contributed by atoms with van der Waals surface area (Å²) < 4.78 is 4.56. The molecule has 14 heavy (non-hydrogen) atoms. The Hall–Kier alpha value is -0.870. The molecule has 0 aliphatic heterocycles. The second-order valence-corrected chi connectivity index (χ2v) is 4.24. The first-order chi connectivity index (χ1) is 6.67. The zero-order chi connectivity index (χ0) is 10.6. The van der Waals surface area contributed by atoms with Crippen LogP contribution in [0.3, 0.4) is 0 Å². The summed E-state index contributed by atoms with van der Waals surface area (Å²) in [6, 6.07) is 3.81. The van der Waals surface area contributed by atoms with Gasteiger partial charge in [-0.1, -0.05) is 6.92 Å². The van der Waals surface area contributed by atoms with Crippen LogP contribution in [-0.2, 0) is 16.0 Å². The van der Waals surface area contributed by atoms with Gasteiger partial charge in [-0.05, 0) is 18.6 Å². The van der Waals surface area contributed by atoms with E-state index in [2.05, 4.69) is 17.7 Å². The third kappa shape index (κ3) is 2.82. The normalized spacial score (nSPS) is 12.5. The molecule has 78 valence electrons. The van der Waals surface area contributed by atoms with Crippen LogP contribution in [0.25, 0.3) is 0 Å². The molecule has 1 aromatic heterocycles. The summed E-state index contributed by atoms with van der Waals surface area (Å²) in [4.78, 5) is 13.3. The number of thiophene rings is 1. The van der Waals surface area contributed by atoms with Gasteiger partial charge >= 0.3 is 5.97 Å². The van der Waals surface area contributed by atoms with Crippen molar-refractivity contribution in [3.63, 3.8) is 0 Å². The topological polar surface area (TPSA) is 52.3 Å². The number of rotatable bonds is 4. The van der Waals surface area contributed by atoms with E-state index in [-0.39, 0.29) is 18.4 Å². The summed E-state index contributed by atoms with van der Waals surface area (Å²) >= 11 is 1.66. The third-order valence-corrected chi connectivity index (χ3v) is 3.37. The number of nitrogens with two attached hydrogens (primary N) is 1. The zero-order valence-electron chi connectivity index (χ0n) is 8.45. The predicted octanol–water partition coefficient (Wildman–Crippen LogP) is 1.87. The van der Waals surface area contributed by atoms with Crippen molar-refractivity contribution in [1.29, 1.82) is 0 Å². The molecule has 0 saturated carbocycles. The maximum Gasteiger partial charge on any atom is 0.307 e. The minimum Gasteiger partial charge on any atom is -0.469 e. The molecule has 0 aliphatic carbocycles. The van der Waals surface area contributed by atoms with Gasteiger partial charge in [-0.2, -0.15) is 0 Å². The second-order valence-electron chi connectivity index (χ2n) is 3.04. The van der Waals surface area contributed by atoms with Gasteiger partial charge in [0.25, 0.3) is 0 Å². The molecule has 1 aromatic rings. The largest absolute Gasteiger partial charge is 0.469 e. The molecule has 0 aliphatic rings. The Balaban J connectivity index is 2.60. The van der Waals surface area contributed by atoms with Crippen molar-refractivity contribution in [2.45, 2.75) is 25.8 Å². The number of methoxy groups -OCH3 is 1. The predicted molar refractivity (Wildman–Crippen MR) is 57.3 cm³/mol. The number of ether oxygens (including phenoxy) is 1. The minimum absolute atomic E-state index is 0.229. The third-order valence-electron chi connectivity index (χ3n) is 2.01. The maximum atomic E-state index is 11.0.